The molecule has 21 heavy (non-hydrogen) atoms. The maximum atomic E-state index is 10.8. The largest absolute Gasteiger partial charge is 0.485 e. The third-order valence-electron chi connectivity index (χ3n) is 3.04. The van der Waals surface area contributed by atoms with Crippen molar-refractivity contribution in [3.63, 3.8) is 0 Å². The molecular weight excluding hydrogens is 270 g/mol. The van der Waals surface area contributed by atoms with E-state index in [0.29, 0.717) is 23.7 Å². The molecule has 0 amide bonds. The van der Waals surface area contributed by atoms with E-state index in [2.05, 4.69) is 10.1 Å². The molecule has 106 valence electrons. The van der Waals surface area contributed by atoms with Gasteiger partial charge in [-0.2, -0.15) is 5.10 Å². The van der Waals surface area contributed by atoms with Crippen LogP contribution in [0.25, 0.3) is 5.65 Å². The highest BCUT2D eigenvalue weighted by Crippen LogP contribution is 2.20. The van der Waals surface area contributed by atoms with Crippen molar-refractivity contribution < 1.29 is 14.6 Å². The van der Waals surface area contributed by atoms with Crippen LogP contribution in [0.2, 0.25) is 0 Å². The van der Waals surface area contributed by atoms with Gasteiger partial charge in [0.05, 0.1) is 12.1 Å². The van der Waals surface area contributed by atoms with Gasteiger partial charge in [-0.1, -0.05) is 30.3 Å². The maximum Gasteiger partial charge on any atom is 0.309 e. The van der Waals surface area contributed by atoms with E-state index in [0.717, 1.165) is 5.56 Å². The Morgan fingerprint density at radius 3 is 2.76 bits per heavy atom. The summed E-state index contributed by atoms with van der Waals surface area (Å²) in [6.45, 7) is 0.418. The fraction of sp³-hybridized carbons (Fsp3) is 0.133. The van der Waals surface area contributed by atoms with Crippen LogP contribution < -0.4 is 4.74 Å². The summed E-state index contributed by atoms with van der Waals surface area (Å²) in [5, 5.41) is 12.9. The smallest absolute Gasteiger partial charge is 0.309 e. The molecule has 1 N–H and O–H groups in total. The van der Waals surface area contributed by atoms with Gasteiger partial charge in [-0.3, -0.25) is 4.79 Å². The number of pyridine rings is 1. The third-order valence-corrected chi connectivity index (χ3v) is 3.04. The molecule has 2 aromatic heterocycles. The Morgan fingerprint density at radius 2 is 2.00 bits per heavy atom. The molecular formula is C15H13N3O3. The minimum atomic E-state index is -0.912. The Labute approximate surface area is 120 Å². The Balaban J connectivity index is 1.86. The summed E-state index contributed by atoms with van der Waals surface area (Å²) in [4.78, 5) is 15.0. The number of carboxylic acids is 1. The molecule has 0 spiro atoms. The van der Waals surface area contributed by atoms with E-state index < -0.39 is 5.97 Å². The van der Waals surface area contributed by atoms with Gasteiger partial charge in [0.2, 0.25) is 0 Å². The molecule has 0 bridgehead atoms. The van der Waals surface area contributed by atoms with Crippen molar-refractivity contribution in [3.8, 4) is 5.75 Å². The molecule has 3 aromatic rings. The summed E-state index contributed by atoms with van der Waals surface area (Å²) >= 11 is 0. The Kier molecular flexibility index (Phi) is 3.51. The molecule has 0 aliphatic carbocycles. The van der Waals surface area contributed by atoms with Crippen LogP contribution in [-0.4, -0.2) is 25.7 Å². The molecule has 1 aromatic carbocycles. The zero-order chi connectivity index (χ0) is 14.7. The van der Waals surface area contributed by atoms with Crippen LogP contribution in [0.5, 0.6) is 5.75 Å². The lowest BCUT2D eigenvalue weighted by atomic mass is 10.2. The number of nitrogens with zero attached hydrogens (tertiary/aromatic N) is 3. The fourth-order valence-corrected chi connectivity index (χ4v) is 2.07. The molecule has 2 heterocycles. The second-order valence-corrected chi connectivity index (χ2v) is 4.53. The van der Waals surface area contributed by atoms with Crippen molar-refractivity contribution in [2.75, 3.05) is 0 Å². The van der Waals surface area contributed by atoms with E-state index in [1.165, 1.54) is 10.8 Å². The number of hydrogen-bond donors (Lipinski definition) is 1. The summed E-state index contributed by atoms with van der Waals surface area (Å²) in [6, 6.07) is 13.2. The average molecular weight is 283 g/mol. The number of ether oxygens (including phenoxy) is 1. The lowest BCUT2D eigenvalue weighted by Crippen LogP contribution is -2.07. The highest BCUT2D eigenvalue weighted by Gasteiger charge is 2.11. The zero-order valence-corrected chi connectivity index (χ0v) is 11.1. The molecule has 0 atom stereocenters. The van der Waals surface area contributed by atoms with Crippen LogP contribution in [0.4, 0.5) is 0 Å². The molecule has 3 rings (SSSR count). The van der Waals surface area contributed by atoms with Crippen molar-refractivity contribution in [2.45, 2.75) is 13.0 Å². The topological polar surface area (TPSA) is 76.7 Å². The normalized spacial score (nSPS) is 10.7. The van der Waals surface area contributed by atoms with E-state index in [4.69, 9.17) is 9.84 Å². The van der Waals surface area contributed by atoms with Crippen LogP contribution >= 0.6 is 0 Å². The van der Waals surface area contributed by atoms with Gasteiger partial charge < -0.3 is 9.84 Å². The first-order chi connectivity index (χ1) is 10.2. The monoisotopic (exact) mass is 283 g/mol. The highest BCUT2D eigenvalue weighted by atomic mass is 16.5. The molecule has 6 nitrogen and oxygen atoms in total. The van der Waals surface area contributed by atoms with Gasteiger partial charge in [0.25, 0.3) is 0 Å². The minimum absolute atomic E-state index is 0.112. The van der Waals surface area contributed by atoms with Gasteiger partial charge in [-0.05, 0) is 17.7 Å². The lowest BCUT2D eigenvalue weighted by molar-refractivity contribution is -0.136. The summed E-state index contributed by atoms with van der Waals surface area (Å²) in [6.07, 6.45) is 1.27. The number of aliphatic carboxylic acids is 1. The lowest BCUT2D eigenvalue weighted by Gasteiger charge is -2.09. The van der Waals surface area contributed by atoms with E-state index >= 15 is 0 Å². The first-order valence-electron chi connectivity index (χ1n) is 6.44. The number of benzene rings is 1. The predicted octanol–water partition coefficient (Wildman–Crippen LogP) is 1.94. The second-order valence-electron chi connectivity index (χ2n) is 4.53. The van der Waals surface area contributed by atoms with Crippen LogP contribution in [0.3, 0.4) is 0 Å². The summed E-state index contributed by atoms with van der Waals surface area (Å²) in [7, 11) is 0. The summed E-state index contributed by atoms with van der Waals surface area (Å²) in [5.41, 5.74) is 2.12. The number of aromatic nitrogens is 3. The van der Waals surface area contributed by atoms with E-state index in [1.54, 1.807) is 12.1 Å². The van der Waals surface area contributed by atoms with Gasteiger partial charge in [-0.15, -0.1) is 0 Å². The van der Waals surface area contributed by atoms with Crippen molar-refractivity contribution in [1.29, 1.82) is 0 Å². The number of hydrogen-bond acceptors (Lipinski definition) is 4. The van der Waals surface area contributed by atoms with Crippen molar-refractivity contribution in [2.24, 2.45) is 0 Å². The molecule has 0 unspecified atom stereocenters. The summed E-state index contributed by atoms with van der Waals surface area (Å²) < 4.78 is 7.25. The number of carbonyl (C=O) groups is 1. The fourth-order valence-electron chi connectivity index (χ4n) is 2.07. The Bertz CT molecular complexity index is 768. The average Bonchev–Trinajstić information content (AvgIpc) is 2.97. The van der Waals surface area contributed by atoms with E-state index in [9.17, 15) is 4.79 Å². The quantitative estimate of drug-likeness (QED) is 0.774. The second kappa shape index (κ2) is 5.62. The van der Waals surface area contributed by atoms with Crippen molar-refractivity contribution in [3.05, 3.63) is 60.0 Å². The summed E-state index contributed by atoms with van der Waals surface area (Å²) in [5.74, 6) is -0.338. The predicted molar refractivity (Wildman–Crippen MR) is 75.1 cm³/mol. The highest BCUT2D eigenvalue weighted by molar-refractivity contribution is 5.70. The van der Waals surface area contributed by atoms with Crippen LogP contribution in [0.15, 0.2) is 48.8 Å². The molecule has 0 fully saturated rings. The van der Waals surface area contributed by atoms with Crippen LogP contribution in [-0.2, 0) is 17.8 Å². The SMILES string of the molecule is O=C(O)Cc1ccc(OCc2ccccc2)c2ncnn12. The Morgan fingerprint density at radius 1 is 1.19 bits per heavy atom. The minimum Gasteiger partial charge on any atom is -0.485 e. The molecule has 0 aliphatic rings. The standard InChI is InChI=1S/C15H13N3O3/c19-14(20)8-12-6-7-13(15-16-10-17-18(12)15)21-9-11-4-2-1-3-5-11/h1-7,10H,8-9H2,(H,19,20). The van der Waals surface area contributed by atoms with Crippen molar-refractivity contribution in [1.82, 2.24) is 14.6 Å². The van der Waals surface area contributed by atoms with Gasteiger partial charge in [0.1, 0.15) is 12.9 Å². The third kappa shape index (κ3) is 2.84. The molecule has 0 saturated carbocycles. The first kappa shape index (κ1) is 13.1. The number of rotatable bonds is 5. The molecule has 0 aliphatic heterocycles. The number of carboxylic acid groups (broad SMARTS) is 1. The zero-order valence-electron chi connectivity index (χ0n) is 11.1. The molecule has 0 saturated heterocycles. The van der Waals surface area contributed by atoms with Gasteiger partial charge in [-0.25, -0.2) is 9.50 Å². The van der Waals surface area contributed by atoms with Gasteiger partial charge >= 0.3 is 5.97 Å². The van der Waals surface area contributed by atoms with Crippen LogP contribution in [0.1, 0.15) is 11.3 Å². The van der Waals surface area contributed by atoms with Gasteiger partial charge in [0, 0.05) is 0 Å². The molecule has 6 heteroatoms. The van der Waals surface area contributed by atoms with Crippen molar-refractivity contribution >= 4 is 11.6 Å². The maximum absolute atomic E-state index is 10.8. The molecule has 0 radical (unpaired) electrons. The van der Waals surface area contributed by atoms with E-state index in [1.807, 2.05) is 30.3 Å². The Hall–Kier alpha value is -2.89. The van der Waals surface area contributed by atoms with Crippen LogP contribution in [0, 0.1) is 0 Å². The number of fused-ring (bicyclic) bond motifs is 1. The van der Waals surface area contributed by atoms with E-state index in [-0.39, 0.29) is 6.42 Å². The van der Waals surface area contributed by atoms with Gasteiger partial charge in [0.15, 0.2) is 11.4 Å². The first-order valence-corrected chi connectivity index (χ1v) is 6.44.